The summed E-state index contributed by atoms with van der Waals surface area (Å²) in [6, 6.07) is 0. The molecule has 98 valence electrons. The van der Waals surface area contributed by atoms with Crippen molar-refractivity contribution in [3.63, 3.8) is 0 Å². The molecule has 0 aromatic carbocycles. The first-order valence-electron chi connectivity index (χ1n) is 6.67. The Labute approximate surface area is 107 Å². The van der Waals surface area contributed by atoms with Crippen molar-refractivity contribution in [3.8, 4) is 0 Å². The number of carbonyl (C=O) groups excluding carboxylic acids is 2. The summed E-state index contributed by atoms with van der Waals surface area (Å²) in [6.45, 7) is 0. The van der Waals surface area contributed by atoms with Crippen LogP contribution in [0.4, 0.5) is 0 Å². The monoisotopic (exact) mass is 248 g/mol. The Kier molecular flexibility index (Phi) is 4.56. The third-order valence-corrected chi connectivity index (χ3v) is 3.59. The zero-order valence-corrected chi connectivity index (χ0v) is 10.5. The van der Waals surface area contributed by atoms with Gasteiger partial charge in [-0.15, -0.1) is 0 Å². The molecular formula is C14H20N2O2. The van der Waals surface area contributed by atoms with Crippen molar-refractivity contribution < 1.29 is 9.59 Å². The lowest BCUT2D eigenvalue weighted by Gasteiger charge is -2.20. The first kappa shape index (κ1) is 12.9. The molecule has 4 heteroatoms. The Bertz CT molecular complexity index is 338. The third kappa shape index (κ3) is 3.45. The first-order chi connectivity index (χ1) is 8.77. The lowest BCUT2D eigenvalue weighted by atomic mass is 9.93. The van der Waals surface area contributed by atoms with Gasteiger partial charge in [0.2, 0.25) is 11.8 Å². The van der Waals surface area contributed by atoms with E-state index in [9.17, 15) is 9.59 Å². The summed E-state index contributed by atoms with van der Waals surface area (Å²) in [5, 5.41) is 0. The van der Waals surface area contributed by atoms with Gasteiger partial charge >= 0.3 is 0 Å². The molecule has 0 heterocycles. The molecule has 2 N–H and O–H groups in total. The second kappa shape index (κ2) is 6.38. The summed E-state index contributed by atoms with van der Waals surface area (Å²) in [7, 11) is 0. The summed E-state index contributed by atoms with van der Waals surface area (Å²) >= 11 is 0. The Morgan fingerprint density at radius 1 is 0.778 bits per heavy atom. The molecule has 0 saturated heterocycles. The molecule has 0 spiro atoms. The standard InChI is InChI=1S/C14H20N2O2/c17-13(11-7-3-1-4-8-11)15-16-14(18)12-9-5-2-6-10-12/h1-3,5,11-12H,4,6-10H2,(H,15,17)(H,16,18). The molecule has 2 unspecified atom stereocenters. The quantitative estimate of drug-likeness (QED) is 0.578. The lowest BCUT2D eigenvalue weighted by Crippen LogP contribution is -2.47. The SMILES string of the molecule is O=C(NNC(=O)C1CC=CCC1)C1CC=CCC1. The number of hydrazine groups is 1. The third-order valence-electron chi connectivity index (χ3n) is 3.59. The number of allylic oxidation sites excluding steroid dienone is 4. The van der Waals surface area contributed by atoms with Gasteiger partial charge in [0.05, 0.1) is 0 Å². The Morgan fingerprint density at radius 2 is 1.22 bits per heavy atom. The average molecular weight is 248 g/mol. The number of nitrogens with one attached hydrogen (secondary N) is 2. The maximum Gasteiger partial charge on any atom is 0.241 e. The summed E-state index contributed by atoms with van der Waals surface area (Å²) in [5.74, 6) is -0.138. The number of hydrogen-bond acceptors (Lipinski definition) is 2. The minimum absolute atomic E-state index is 0.00144. The van der Waals surface area contributed by atoms with Crippen LogP contribution in [-0.2, 0) is 9.59 Å². The van der Waals surface area contributed by atoms with Crippen LogP contribution in [0, 0.1) is 11.8 Å². The van der Waals surface area contributed by atoms with Gasteiger partial charge < -0.3 is 0 Å². The second-order valence-electron chi connectivity index (χ2n) is 4.94. The fraction of sp³-hybridized carbons (Fsp3) is 0.571. The van der Waals surface area contributed by atoms with Gasteiger partial charge in [-0.1, -0.05) is 24.3 Å². The highest BCUT2D eigenvalue weighted by molar-refractivity contribution is 5.84. The minimum Gasteiger partial charge on any atom is -0.273 e. The van der Waals surface area contributed by atoms with Gasteiger partial charge in [-0.05, 0) is 38.5 Å². The predicted molar refractivity (Wildman–Crippen MR) is 69.2 cm³/mol. The van der Waals surface area contributed by atoms with Crippen molar-refractivity contribution in [2.45, 2.75) is 38.5 Å². The van der Waals surface area contributed by atoms with E-state index in [0.717, 1.165) is 38.5 Å². The Hall–Kier alpha value is -1.58. The zero-order chi connectivity index (χ0) is 12.8. The highest BCUT2D eigenvalue weighted by atomic mass is 16.2. The van der Waals surface area contributed by atoms with E-state index >= 15 is 0 Å². The van der Waals surface area contributed by atoms with Crippen LogP contribution in [0.5, 0.6) is 0 Å². The van der Waals surface area contributed by atoms with E-state index in [2.05, 4.69) is 23.0 Å². The lowest BCUT2D eigenvalue weighted by molar-refractivity contribution is -0.133. The van der Waals surface area contributed by atoms with Crippen LogP contribution in [0.25, 0.3) is 0 Å². The van der Waals surface area contributed by atoms with Crippen LogP contribution in [0.2, 0.25) is 0 Å². The molecule has 0 saturated carbocycles. The van der Waals surface area contributed by atoms with E-state index in [1.807, 2.05) is 12.2 Å². The summed E-state index contributed by atoms with van der Waals surface area (Å²) in [4.78, 5) is 23.6. The maximum atomic E-state index is 11.8. The van der Waals surface area contributed by atoms with E-state index in [1.165, 1.54) is 0 Å². The van der Waals surface area contributed by atoms with Gasteiger partial charge in [0, 0.05) is 11.8 Å². The number of amides is 2. The molecule has 4 nitrogen and oxygen atoms in total. The number of hydrogen-bond donors (Lipinski definition) is 2. The average Bonchev–Trinajstić information content (AvgIpc) is 2.46. The Morgan fingerprint density at radius 3 is 1.56 bits per heavy atom. The zero-order valence-electron chi connectivity index (χ0n) is 10.5. The van der Waals surface area contributed by atoms with E-state index in [0.29, 0.717) is 0 Å². The van der Waals surface area contributed by atoms with Crippen molar-refractivity contribution >= 4 is 11.8 Å². The predicted octanol–water partition coefficient (Wildman–Crippen LogP) is 1.85. The fourth-order valence-corrected chi connectivity index (χ4v) is 2.39. The van der Waals surface area contributed by atoms with E-state index in [1.54, 1.807) is 0 Å². The maximum absolute atomic E-state index is 11.8. The van der Waals surface area contributed by atoms with Crippen molar-refractivity contribution in [3.05, 3.63) is 24.3 Å². The van der Waals surface area contributed by atoms with Gasteiger partial charge in [0.25, 0.3) is 0 Å². The molecule has 18 heavy (non-hydrogen) atoms. The van der Waals surface area contributed by atoms with Gasteiger partial charge in [-0.25, -0.2) is 0 Å². The summed E-state index contributed by atoms with van der Waals surface area (Å²) in [6.07, 6.45) is 13.4. The molecule has 2 rings (SSSR count). The van der Waals surface area contributed by atoms with Crippen LogP contribution in [0.1, 0.15) is 38.5 Å². The molecule has 2 aliphatic carbocycles. The topological polar surface area (TPSA) is 58.2 Å². The molecule has 0 bridgehead atoms. The molecule has 0 radical (unpaired) electrons. The smallest absolute Gasteiger partial charge is 0.241 e. The highest BCUT2D eigenvalue weighted by Gasteiger charge is 2.22. The van der Waals surface area contributed by atoms with Crippen LogP contribution in [0.3, 0.4) is 0 Å². The highest BCUT2D eigenvalue weighted by Crippen LogP contribution is 2.19. The van der Waals surface area contributed by atoms with E-state index in [-0.39, 0.29) is 23.7 Å². The van der Waals surface area contributed by atoms with Crippen LogP contribution in [-0.4, -0.2) is 11.8 Å². The number of carbonyl (C=O) groups is 2. The molecule has 2 amide bonds. The van der Waals surface area contributed by atoms with Gasteiger partial charge in [0.1, 0.15) is 0 Å². The van der Waals surface area contributed by atoms with Crippen LogP contribution < -0.4 is 10.9 Å². The number of rotatable bonds is 2. The van der Waals surface area contributed by atoms with E-state index < -0.39 is 0 Å². The van der Waals surface area contributed by atoms with Gasteiger partial charge in [-0.3, -0.25) is 20.4 Å². The Balaban J connectivity index is 1.73. The first-order valence-corrected chi connectivity index (χ1v) is 6.67. The molecule has 0 aliphatic heterocycles. The van der Waals surface area contributed by atoms with Crippen LogP contribution in [0.15, 0.2) is 24.3 Å². The molecule has 0 aromatic rings. The second-order valence-corrected chi connectivity index (χ2v) is 4.94. The normalized spacial score (nSPS) is 26.7. The van der Waals surface area contributed by atoms with Crippen molar-refractivity contribution in [2.24, 2.45) is 11.8 Å². The van der Waals surface area contributed by atoms with Crippen molar-refractivity contribution in [1.82, 2.24) is 10.9 Å². The van der Waals surface area contributed by atoms with Gasteiger partial charge in [0.15, 0.2) is 0 Å². The molecule has 2 atom stereocenters. The molecule has 0 fully saturated rings. The molecule has 0 aromatic heterocycles. The van der Waals surface area contributed by atoms with Crippen molar-refractivity contribution in [1.29, 1.82) is 0 Å². The van der Waals surface area contributed by atoms with Gasteiger partial charge in [-0.2, -0.15) is 0 Å². The largest absolute Gasteiger partial charge is 0.273 e. The minimum atomic E-state index is -0.0703. The molecular weight excluding hydrogens is 228 g/mol. The summed E-state index contributed by atoms with van der Waals surface area (Å²) in [5.41, 5.74) is 5.11. The van der Waals surface area contributed by atoms with E-state index in [4.69, 9.17) is 0 Å². The summed E-state index contributed by atoms with van der Waals surface area (Å²) < 4.78 is 0. The fourth-order valence-electron chi connectivity index (χ4n) is 2.39. The van der Waals surface area contributed by atoms with Crippen LogP contribution >= 0.6 is 0 Å². The van der Waals surface area contributed by atoms with Crippen molar-refractivity contribution in [2.75, 3.05) is 0 Å². The molecule has 2 aliphatic rings.